The summed E-state index contributed by atoms with van der Waals surface area (Å²) in [6.45, 7) is 1.51. The maximum absolute atomic E-state index is 12.5. The van der Waals surface area contributed by atoms with Gasteiger partial charge in [-0.05, 0) is 36.4 Å². The van der Waals surface area contributed by atoms with Gasteiger partial charge in [0.05, 0.1) is 0 Å². The maximum Gasteiger partial charge on any atom is 0.446 e. The highest BCUT2D eigenvalue weighted by Crippen LogP contribution is 2.38. The Morgan fingerprint density at radius 3 is 2.38 bits per heavy atom. The Hall–Kier alpha value is -0.710. The second-order valence-electron chi connectivity index (χ2n) is 2.46. The van der Waals surface area contributed by atoms with Crippen LogP contribution in [0.1, 0.15) is 5.56 Å². The third kappa shape index (κ3) is 3.26. The Morgan fingerprint density at radius 2 is 1.85 bits per heavy atom. The van der Waals surface area contributed by atoms with E-state index < -0.39 is 11.3 Å². The molecule has 0 radical (unpaired) electrons. The van der Waals surface area contributed by atoms with E-state index in [1.54, 1.807) is 0 Å². The van der Waals surface area contributed by atoms with Gasteiger partial charge in [0.15, 0.2) is 0 Å². The van der Waals surface area contributed by atoms with Gasteiger partial charge < -0.3 is 0 Å². The minimum absolute atomic E-state index is 0.0903. The van der Waals surface area contributed by atoms with Crippen molar-refractivity contribution in [1.82, 2.24) is 0 Å². The summed E-state index contributed by atoms with van der Waals surface area (Å²) < 4.78 is 48.2. The van der Waals surface area contributed by atoms with Crippen LogP contribution in [-0.2, 0) is 0 Å². The number of hydrogen-bond acceptors (Lipinski definition) is 1. The molecule has 0 amide bonds. The highest BCUT2D eigenvalue weighted by atomic mass is 32.2. The van der Waals surface area contributed by atoms with Crippen molar-refractivity contribution in [3.05, 3.63) is 29.6 Å². The molecule has 0 aliphatic carbocycles. The smallest absolute Gasteiger partial charge is 0.207 e. The fourth-order valence-corrected chi connectivity index (χ4v) is 1.46. The lowest BCUT2D eigenvalue weighted by Crippen LogP contribution is -2.00. The lowest BCUT2D eigenvalue weighted by Gasteiger charge is -2.07. The molecule has 0 aliphatic rings. The van der Waals surface area contributed by atoms with Gasteiger partial charge in [-0.25, -0.2) is 4.39 Å². The highest BCUT2D eigenvalue weighted by molar-refractivity contribution is 8.00. The largest absolute Gasteiger partial charge is 0.446 e. The van der Waals surface area contributed by atoms with Crippen molar-refractivity contribution >= 4 is 11.8 Å². The van der Waals surface area contributed by atoms with E-state index in [1.807, 2.05) is 0 Å². The minimum Gasteiger partial charge on any atom is -0.207 e. The van der Waals surface area contributed by atoms with Crippen molar-refractivity contribution in [2.45, 2.75) is 17.3 Å². The molecule has 1 aromatic carbocycles. The molecule has 0 saturated carbocycles. The van der Waals surface area contributed by atoms with E-state index in [0.29, 0.717) is 5.56 Å². The Bertz CT molecular complexity index is 306. The van der Waals surface area contributed by atoms with Gasteiger partial charge >= 0.3 is 5.51 Å². The van der Waals surface area contributed by atoms with Crippen LogP contribution < -0.4 is 0 Å². The van der Waals surface area contributed by atoms with Crippen LogP contribution in [0.25, 0.3) is 0 Å². The van der Waals surface area contributed by atoms with Crippen LogP contribution in [0, 0.1) is 12.7 Å². The Kier molecular flexibility index (Phi) is 2.85. The van der Waals surface area contributed by atoms with Gasteiger partial charge in [0.1, 0.15) is 5.82 Å². The van der Waals surface area contributed by atoms with E-state index in [4.69, 9.17) is 0 Å². The van der Waals surface area contributed by atoms with Crippen LogP contribution in [-0.4, -0.2) is 5.51 Å². The molecular formula is C8H6F4S. The number of aryl methyl sites for hydroxylation is 1. The lowest BCUT2D eigenvalue weighted by atomic mass is 10.2. The van der Waals surface area contributed by atoms with Crippen molar-refractivity contribution < 1.29 is 17.6 Å². The zero-order valence-electron chi connectivity index (χ0n) is 6.65. The van der Waals surface area contributed by atoms with E-state index >= 15 is 0 Å². The summed E-state index contributed by atoms with van der Waals surface area (Å²) in [5.41, 5.74) is -3.94. The first-order valence-electron chi connectivity index (χ1n) is 3.40. The summed E-state index contributed by atoms with van der Waals surface area (Å²) >= 11 is -0.298. The Labute approximate surface area is 76.9 Å². The van der Waals surface area contributed by atoms with Gasteiger partial charge in [-0.15, -0.1) is 0 Å². The third-order valence-corrected chi connectivity index (χ3v) is 2.27. The number of benzene rings is 1. The standard InChI is InChI=1S/C8H6F4S/c1-5-2-3-6(9)4-7(5)13-8(10,11)12/h2-4H,1H3. The molecule has 5 heteroatoms. The summed E-state index contributed by atoms with van der Waals surface area (Å²) in [5, 5.41) is 0. The van der Waals surface area contributed by atoms with Crippen molar-refractivity contribution in [2.75, 3.05) is 0 Å². The molecule has 0 bridgehead atoms. The molecule has 72 valence electrons. The van der Waals surface area contributed by atoms with Crippen molar-refractivity contribution in [3.63, 3.8) is 0 Å². The molecule has 0 fully saturated rings. The van der Waals surface area contributed by atoms with E-state index in [9.17, 15) is 17.6 Å². The van der Waals surface area contributed by atoms with Gasteiger partial charge in [0.25, 0.3) is 0 Å². The summed E-state index contributed by atoms with van der Waals surface area (Å²) in [6.07, 6.45) is 0. The van der Waals surface area contributed by atoms with Gasteiger partial charge in [0.2, 0.25) is 0 Å². The normalized spacial score (nSPS) is 11.8. The Morgan fingerprint density at radius 1 is 1.23 bits per heavy atom. The minimum atomic E-state index is -4.36. The number of hydrogen-bond donors (Lipinski definition) is 0. The van der Waals surface area contributed by atoms with Crippen LogP contribution in [0.3, 0.4) is 0 Å². The lowest BCUT2D eigenvalue weighted by molar-refractivity contribution is -0.0328. The van der Waals surface area contributed by atoms with Gasteiger partial charge in [-0.3, -0.25) is 0 Å². The van der Waals surface area contributed by atoms with Gasteiger partial charge in [-0.1, -0.05) is 6.07 Å². The molecule has 1 rings (SSSR count). The summed E-state index contributed by atoms with van der Waals surface area (Å²) in [6, 6.07) is 3.34. The first kappa shape index (κ1) is 10.4. The molecule has 0 aliphatic heterocycles. The van der Waals surface area contributed by atoms with Crippen LogP contribution in [0.4, 0.5) is 17.6 Å². The number of halogens is 4. The first-order valence-corrected chi connectivity index (χ1v) is 4.22. The van der Waals surface area contributed by atoms with Gasteiger partial charge in [-0.2, -0.15) is 13.2 Å². The maximum atomic E-state index is 12.5. The highest BCUT2D eigenvalue weighted by Gasteiger charge is 2.29. The van der Waals surface area contributed by atoms with Crippen molar-refractivity contribution in [2.24, 2.45) is 0 Å². The van der Waals surface area contributed by atoms with E-state index in [2.05, 4.69) is 0 Å². The molecule has 0 nitrogen and oxygen atoms in total. The molecular weight excluding hydrogens is 204 g/mol. The summed E-state index contributed by atoms with van der Waals surface area (Å²) in [7, 11) is 0. The fraction of sp³-hybridized carbons (Fsp3) is 0.250. The van der Waals surface area contributed by atoms with E-state index in [-0.39, 0.29) is 16.7 Å². The van der Waals surface area contributed by atoms with Crippen molar-refractivity contribution in [3.8, 4) is 0 Å². The predicted molar refractivity (Wildman–Crippen MR) is 43.0 cm³/mol. The molecule has 0 unspecified atom stereocenters. The van der Waals surface area contributed by atoms with Crippen molar-refractivity contribution in [1.29, 1.82) is 0 Å². The molecule has 0 atom stereocenters. The predicted octanol–water partition coefficient (Wildman–Crippen LogP) is 3.75. The van der Waals surface area contributed by atoms with Crippen LogP contribution in [0.2, 0.25) is 0 Å². The molecule has 0 saturated heterocycles. The van der Waals surface area contributed by atoms with E-state index in [1.165, 1.54) is 13.0 Å². The molecule has 0 spiro atoms. The van der Waals surface area contributed by atoms with Crippen LogP contribution in [0.5, 0.6) is 0 Å². The zero-order valence-corrected chi connectivity index (χ0v) is 7.47. The van der Waals surface area contributed by atoms with Gasteiger partial charge in [0, 0.05) is 4.90 Å². The number of alkyl halides is 3. The molecule has 1 aromatic rings. The average molecular weight is 210 g/mol. The van der Waals surface area contributed by atoms with Crippen LogP contribution >= 0.6 is 11.8 Å². The topological polar surface area (TPSA) is 0 Å². The van der Waals surface area contributed by atoms with Crippen LogP contribution in [0.15, 0.2) is 23.1 Å². The summed E-state index contributed by atoms with van der Waals surface area (Å²) in [4.78, 5) is -0.0903. The number of thioether (sulfide) groups is 1. The molecule has 0 N–H and O–H groups in total. The summed E-state index contributed by atoms with van der Waals surface area (Å²) in [5.74, 6) is -0.655. The quantitative estimate of drug-likeness (QED) is 0.502. The zero-order chi connectivity index (χ0) is 10.1. The molecule has 13 heavy (non-hydrogen) atoms. The first-order chi connectivity index (χ1) is 5.88. The fourth-order valence-electron chi connectivity index (χ4n) is 0.809. The third-order valence-electron chi connectivity index (χ3n) is 1.38. The van der Waals surface area contributed by atoms with E-state index in [0.717, 1.165) is 12.1 Å². The second-order valence-corrected chi connectivity index (χ2v) is 3.56. The second kappa shape index (κ2) is 3.57. The Balaban J connectivity index is 2.94. The molecule has 0 aromatic heterocycles. The molecule has 0 heterocycles. The monoisotopic (exact) mass is 210 g/mol. The SMILES string of the molecule is Cc1ccc(F)cc1SC(F)(F)F. The average Bonchev–Trinajstić information content (AvgIpc) is 1.94. The number of rotatable bonds is 1.